The maximum absolute atomic E-state index is 13.8. The highest BCUT2D eigenvalue weighted by Crippen LogP contribution is 2.42. The Morgan fingerprint density at radius 1 is 0.920 bits per heavy atom. The van der Waals surface area contributed by atoms with Gasteiger partial charge in [-0.3, -0.25) is 4.90 Å². The molecule has 3 aromatic carbocycles. The minimum atomic E-state index is -5.45. The second kappa shape index (κ2) is 16.7. The van der Waals surface area contributed by atoms with Crippen molar-refractivity contribution < 1.29 is 49.6 Å². The molecule has 0 bridgehead atoms. The van der Waals surface area contributed by atoms with Gasteiger partial charge in [0, 0.05) is 13.0 Å². The smallest absolute Gasteiger partial charge is 0.449 e. The number of hydrogen-bond acceptors (Lipinski definition) is 7. The molecule has 4 rings (SSSR count). The van der Waals surface area contributed by atoms with Crippen LogP contribution in [-0.4, -0.2) is 52.5 Å². The minimum Gasteiger partial charge on any atom is -0.449 e. The first-order valence-electron chi connectivity index (χ1n) is 14.3. The number of carbonyl (C=O) groups is 1. The van der Waals surface area contributed by atoms with Crippen molar-refractivity contribution in [2.24, 2.45) is 5.92 Å². The molecular formula is C32H26Cl2F6N4O5S. The van der Waals surface area contributed by atoms with Crippen molar-refractivity contribution in [3.8, 4) is 11.8 Å². The lowest BCUT2D eigenvalue weighted by Gasteiger charge is -2.23. The predicted molar refractivity (Wildman–Crippen MR) is 171 cm³/mol. The van der Waals surface area contributed by atoms with E-state index in [-0.39, 0.29) is 33.0 Å². The summed E-state index contributed by atoms with van der Waals surface area (Å²) in [6.07, 6.45) is -6.22. The number of rotatable bonds is 13. The first kappa shape index (κ1) is 38.7. The molecule has 4 aromatic rings. The second-order valence-electron chi connectivity index (χ2n) is 10.5. The van der Waals surface area contributed by atoms with Gasteiger partial charge in [-0.1, -0.05) is 83.9 Å². The first-order valence-corrected chi connectivity index (χ1v) is 16.2. The van der Waals surface area contributed by atoms with Crippen molar-refractivity contribution >= 4 is 45.9 Å². The fourth-order valence-electron chi connectivity index (χ4n) is 4.49. The summed E-state index contributed by atoms with van der Waals surface area (Å²) in [5.74, 6) is -1.54. The number of amides is 1. The van der Waals surface area contributed by atoms with Crippen molar-refractivity contribution in [1.82, 2.24) is 9.78 Å². The standard InChI is InChI=1S/C32H26Cl2F6N4O5S/c1-43(30(45)49-19-22(17-47-15-20-8-4-2-5-9-20)18-48-16-21-10-6-3-7-11-21)29-28(50(46)32(38,39)40)26(14-41)42-44(29)27-24(33)12-23(13-25(27)34)31(35,36)37/h2-13,22H,15-19H2,1H3. The van der Waals surface area contributed by atoms with Crippen LogP contribution in [0.25, 0.3) is 5.69 Å². The molecule has 1 atom stereocenters. The number of ether oxygens (including phenoxy) is 3. The number of nitriles is 1. The van der Waals surface area contributed by atoms with Crippen LogP contribution in [0.15, 0.2) is 77.7 Å². The van der Waals surface area contributed by atoms with Crippen LogP contribution in [0.4, 0.5) is 37.0 Å². The molecule has 1 amide bonds. The van der Waals surface area contributed by atoms with E-state index < -0.39 is 72.2 Å². The Morgan fingerprint density at radius 2 is 1.42 bits per heavy atom. The van der Waals surface area contributed by atoms with E-state index >= 15 is 0 Å². The molecule has 0 saturated carbocycles. The molecule has 18 heteroatoms. The molecule has 0 radical (unpaired) electrons. The Balaban J connectivity index is 1.64. The van der Waals surface area contributed by atoms with Gasteiger partial charge in [-0.25, -0.2) is 13.7 Å². The van der Waals surface area contributed by atoms with Gasteiger partial charge in [0.2, 0.25) is 0 Å². The third-order valence-corrected chi connectivity index (χ3v) is 8.58. The van der Waals surface area contributed by atoms with Gasteiger partial charge in [0.15, 0.2) is 22.3 Å². The summed E-state index contributed by atoms with van der Waals surface area (Å²) in [5, 5.41) is 11.8. The molecule has 9 nitrogen and oxygen atoms in total. The largest absolute Gasteiger partial charge is 0.476 e. The molecule has 0 aliphatic heterocycles. The monoisotopic (exact) mass is 762 g/mol. The lowest BCUT2D eigenvalue weighted by atomic mass is 10.2. The molecule has 50 heavy (non-hydrogen) atoms. The van der Waals surface area contributed by atoms with Gasteiger partial charge in [0.05, 0.1) is 42.0 Å². The quantitative estimate of drug-likeness (QED) is 0.126. The number of alkyl halides is 6. The van der Waals surface area contributed by atoms with Crippen LogP contribution in [0, 0.1) is 17.2 Å². The molecule has 0 aliphatic carbocycles. The van der Waals surface area contributed by atoms with E-state index in [9.17, 15) is 40.6 Å². The van der Waals surface area contributed by atoms with E-state index in [1.165, 1.54) is 6.07 Å². The van der Waals surface area contributed by atoms with Gasteiger partial charge >= 0.3 is 17.8 Å². The van der Waals surface area contributed by atoms with Gasteiger partial charge in [0.1, 0.15) is 23.3 Å². The Hall–Kier alpha value is -4.14. The van der Waals surface area contributed by atoms with E-state index in [1.807, 2.05) is 60.7 Å². The molecule has 266 valence electrons. The van der Waals surface area contributed by atoms with Crippen LogP contribution in [0.5, 0.6) is 0 Å². The third-order valence-electron chi connectivity index (χ3n) is 6.84. The van der Waals surface area contributed by atoms with Gasteiger partial charge in [-0.15, -0.1) is 0 Å². The highest BCUT2D eigenvalue weighted by Gasteiger charge is 2.45. The van der Waals surface area contributed by atoms with E-state index in [0.717, 1.165) is 18.2 Å². The molecule has 0 spiro atoms. The Bertz CT molecular complexity index is 1790. The summed E-state index contributed by atoms with van der Waals surface area (Å²) in [6, 6.07) is 20.5. The lowest BCUT2D eigenvalue weighted by Crippen LogP contribution is -2.33. The van der Waals surface area contributed by atoms with Crippen LogP contribution in [0.2, 0.25) is 10.0 Å². The highest BCUT2D eigenvalue weighted by atomic mass is 35.5. The van der Waals surface area contributed by atoms with Crippen molar-refractivity contribution in [3.63, 3.8) is 0 Å². The van der Waals surface area contributed by atoms with Crippen molar-refractivity contribution in [2.45, 2.75) is 29.8 Å². The van der Waals surface area contributed by atoms with Crippen LogP contribution < -0.4 is 4.90 Å². The average Bonchev–Trinajstić information content (AvgIpc) is 3.44. The molecule has 0 fully saturated rings. The molecule has 1 unspecified atom stereocenters. The van der Waals surface area contributed by atoms with Crippen molar-refractivity contribution in [1.29, 1.82) is 5.26 Å². The molecule has 1 aromatic heterocycles. The Morgan fingerprint density at radius 3 is 1.86 bits per heavy atom. The summed E-state index contributed by atoms with van der Waals surface area (Å²) >= 11 is 12.2. The number of nitrogens with zero attached hydrogens (tertiary/aromatic N) is 4. The van der Waals surface area contributed by atoms with Crippen LogP contribution in [0.1, 0.15) is 22.4 Å². The topological polar surface area (TPSA) is 107 Å². The van der Waals surface area contributed by atoms with Gasteiger partial charge in [0.25, 0.3) is 0 Å². The average molecular weight is 764 g/mol. The molecule has 1 heterocycles. The highest BCUT2D eigenvalue weighted by molar-refractivity contribution is 7.86. The summed E-state index contributed by atoms with van der Waals surface area (Å²) in [7, 11) is -3.04. The number of aromatic nitrogens is 2. The summed E-state index contributed by atoms with van der Waals surface area (Å²) < 4.78 is 112. The number of hydrogen-bond donors (Lipinski definition) is 0. The maximum atomic E-state index is 13.8. The van der Waals surface area contributed by atoms with Crippen LogP contribution in [0.3, 0.4) is 0 Å². The number of halogens is 8. The normalized spacial score (nSPS) is 12.5. The zero-order valence-electron chi connectivity index (χ0n) is 25.8. The number of benzene rings is 3. The van der Waals surface area contributed by atoms with Crippen molar-refractivity contribution in [2.75, 3.05) is 31.8 Å². The zero-order chi connectivity index (χ0) is 36.6. The summed E-state index contributed by atoms with van der Waals surface area (Å²) in [5.41, 5.74) is -6.72. The molecule has 0 aliphatic rings. The number of carbonyl (C=O) groups excluding carboxylic acids is 1. The van der Waals surface area contributed by atoms with E-state index in [2.05, 4.69) is 5.10 Å². The predicted octanol–water partition coefficient (Wildman–Crippen LogP) is 8.32. The zero-order valence-corrected chi connectivity index (χ0v) is 28.1. The summed E-state index contributed by atoms with van der Waals surface area (Å²) in [4.78, 5) is 12.6. The van der Waals surface area contributed by atoms with E-state index in [4.69, 9.17) is 37.4 Å². The Kier molecular flexibility index (Phi) is 12.9. The van der Waals surface area contributed by atoms with Gasteiger partial charge in [-0.2, -0.15) is 36.7 Å². The summed E-state index contributed by atoms with van der Waals surface area (Å²) in [6.45, 7) is 0.0859. The van der Waals surface area contributed by atoms with Gasteiger partial charge < -0.3 is 14.2 Å². The Labute approximate surface area is 294 Å². The fraction of sp³-hybridized carbons (Fsp3) is 0.281. The van der Waals surface area contributed by atoms with E-state index in [0.29, 0.717) is 21.7 Å². The van der Waals surface area contributed by atoms with Crippen LogP contribution in [-0.2, 0) is 44.4 Å². The number of anilines is 1. The fourth-order valence-corrected chi connectivity index (χ4v) is 6.02. The first-order chi connectivity index (χ1) is 23.6. The maximum Gasteiger partial charge on any atom is 0.476 e. The van der Waals surface area contributed by atoms with E-state index in [1.54, 1.807) is 0 Å². The van der Waals surface area contributed by atoms with Crippen molar-refractivity contribution in [3.05, 3.63) is 105 Å². The molecular weight excluding hydrogens is 737 g/mol. The SMILES string of the molecule is CN(C(=O)OCC(COCc1ccccc1)COCc1ccccc1)c1c(S(=O)C(F)(F)F)c(C#N)nn1-c1c(Cl)cc(C(F)(F)F)cc1Cl. The second-order valence-corrected chi connectivity index (χ2v) is 12.8. The van der Waals surface area contributed by atoms with Crippen LogP contribution >= 0.6 is 23.2 Å². The minimum absolute atomic E-state index is 0.0251. The lowest BCUT2D eigenvalue weighted by molar-refractivity contribution is -0.137. The third kappa shape index (κ3) is 9.76. The molecule has 0 saturated heterocycles. The molecule has 0 N–H and O–H groups in total. The van der Waals surface area contributed by atoms with Gasteiger partial charge in [-0.05, 0) is 23.3 Å².